The summed E-state index contributed by atoms with van der Waals surface area (Å²) in [6, 6.07) is 10.1. The Morgan fingerprint density at radius 2 is 2.13 bits per heavy atom. The van der Waals surface area contributed by atoms with Gasteiger partial charge in [0.1, 0.15) is 5.69 Å². The molecule has 1 aliphatic carbocycles. The minimum absolute atomic E-state index is 0.111. The third kappa shape index (κ3) is 4.62. The zero-order valence-electron chi connectivity index (χ0n) is 13.1. The van der Waals surface area contributed by atoms with E-state index in [9.17, 15) is 9.90 Å². The molecular formula is C18H22N2O2S. The summed E-state index contributed by atoms with van der Waals surface area (Å²) < 4.78 is 0. The number of hydrogen-bond acceptors (Lipinski definition) is 4. The van der Waals surface area contributed by atoms with Crippen LogP contribution < -0.4 is 5.32 Å². The number of aliphatic hydroxyl groups excluding tert-OH is 1. The van der Waals surface area contributed by atoms with Gasteiger partial charge in [0.05, 0.1) is 11.1 Å². The van der Waals surface area contributed by atoms with Gasteiger partial charge in [-0.05, 0) is 30.7 Å². The Labute approximate surface area is 140 Å². The molecule has 3 rings (SSSR count). The number of rotatable bonds is 5. The number of carbonyl (C=O) groups excluding carboxylic acids is 1. The number of aromatic nitrogens is 1. The molecule has 1 saturated carbocycles. The van der Waals surface area contributed by atoms with Crippen LogP contribution in [0.4, 0.5) is 0 Å². The lowest BCUT2D eigenvalue weighted by Gasteiger charge is -2.25. The number of carbonyl (C=O) groups is 1. The van der Waals surface area contributed by atoms with Crippen molar-refractivity contribution in [1.82, 2.24) is 10.3 Å². The van der Waals surface area contributed by atoms with Crippen LogP contribution in [0.25, 0.3) is 0 Å². The molecule has 2 unspecified atom stereocenters. The number of nitrogens with one attached hydrogen (secondary N) is 1. The van der Waals surface area contributed by atoms with Crippen molar-refractivity contribution >= 4 is 17.2 Å². The lowest BCUT2D eigenvalue weighted by Crippen LogP contribution is -2.33. The number of benzene rings is 1. The zero-order chi connectivity index (χ0) is 16.1. The summed E-state index contributed by atoms with van der Waals surface area (Å²) in [7, 11) is 0. The fourth-order valence-electron chi connectivity index (χ4n) is 3.04. The summed E-state index contributed by atoms with van der Waals surface area (Å²) in [5.41, 5.74) is 1.70. The molecule has 1 aromatic carbocycles. The molecule has 1 fully saturated rings. The average Bonchev–Trinajstić information content (AvgIpc) is 3.02. The molecule has 1 amide bonds. The molecule has 2 atom stereocenters. The van der Waals surface area contributed by atoms with Gasteiger partial charge in [-0.3, -0.25) is 4.79 Å². The number of aliphatic hydroxyl groups is 1. The van der Waals surface area contributed by atoms with Crippen LogP contribution in [0.5, 0.6) is 0 Å². The molecule has 5 heteroatoms. The van der Waals surface area contributed by atoms with E-state index in [-0.39, 0.29) is 12.0 Å². The summed E-state index contributed by atoms with van der Waals surface area (Å²) in [6.45, 7) is 0.626. The lowest BCUT2D eigenvalue weighted by molar-refractivity contribution is 0.0870. The highest BCUT2D eigenvalue weighted by molar-refractivity contribution is 7.09. The molecule has 0 radical (unpaired) electrons. The Balaban J connectivity index is 1.52. The summed E-state index contributed by atoms with van der Waals surface area (Å²) in [4.78, 5) is 16.6. The molecule has 1 aromatic heterocycles. The van der Waals surface area contributed by atoms with Crippen molar-refractivity contribution in [3.8, 4) is 0 Å². The second-order valence-electron chi connectivity index (χ2n) is 6.19. The first kappa shape index (κ1) is 16.1. The first-order valence-corrected chi connectivity index (χ1v) is 9.03. The smallest absolute Gasteiger partial charge is 0.270 e. The Morgan fingerprint density at radius 1 is 1.30 bits per heavy atom. The Morgan fingerprint density at radius 3 is 2.91 bits per heavy atom. The highest BCUT2D eigenvalue weighted by Crippen LogP contribution is 2.23. The van der Waals surface area contributed by atoms with E-state index in [4.69, 9.17) is 0 Å². The van der Waals surface area contributed by atoms with Gasteiger partial charge in [0.15, 0.2) is 0 Å². The molecule has 2 N–H and O–H groups in total. The van der Waals surface area contributed by atoms with E-state index in [0.29, 0.717) is 18.2 Å². The average molecular weight is 330 g/mol. The van der Waals surface area contributed by atoms with Crippen molar-refractivity contribution < 1.29 is 9.90 Å². The molecule has 122 valence electrons. The topological polar surface area (TPSA) is 62.2 Å². The van der Waals surface area contributed by atoms with E-state index in [1.54, 1.807) is 0 Å². The van der Waals surface area contributed by atoms with E-state index >= 15 is 0 Å². The summed E-state index contributed by atoms with van der Waals surface area (Å²) in [6.07, 6.45) is 4.35. The van der Waals surface area contributed by atoms with E-state index < -0.39 is 0 Å². The van der Waals surface area contributed by atoms with E-state index in [1.807, 2.05) is 23.6 Å². The van der Waals surface area contributed by atoms with Crippen LogP contribution >= 0.6 is 11.3 Å². The normalized spacial score (nSPS) is 21.1. The fraction of sp³-hybridized carbons (Fsp3) is 0.444. The largest absolute Gasteiger partial charge is 0.393 e. The third-order valence-electron chi connectivity index (χ3n) is 4.29. The van der Waals surface area contributed by atoms with Gasteiger partial charge in [-0.2, -0.15) is 0 Å². The van der Waals surface area contributed by atoms with Gasteiger partial charge in [-0.25, -0.2) is 4.98 Å². The predicted molar refractivity (Wildman–Crippen MR) is 91.7 cm³/mol. The zero-order valence-corrected chi connectivity index (χ0v) is 13.9. The van der Waals surface area contributed by atoms with E-state index in [2.05, 4.69) is 22.4 Å². The van der Waals surface area contributed by atoms with Crippen molar-refractivity contribution in [3.05, 3.63) is 52.0 Å². The summed E-state index contributed by atoms with van der Waals surface area (Å²) in [5, 5.41) is 15.4. The van der Waals surface area contributed by atoms with Crippen LogP contribution in [-0.4, -0.2) is 28.6 Å². The number of amides is 1. The molecule has 0 aliphatic heterocycles. The van der Waals surface area contributed by atoms with Gasteiger partial charge in [-0.15, -0.1) is 11.3 Å². The lowest BCUT2D eigenvalue weighted by atomic mass is 9.87. The molecule has 2 aromatic rings. The van der Waals surface area contributed by atoms with Crippen molar-refractivity contribution in [2.24, 2.45) is 5.92 Å². The molecular weight excluding hydrogens is 308 g/mol. The minimum atomic E-state index is -0.206. The predicted octanol–water partition coefficient (Wildman–Crippen LogP) is 3.01. The van der Waals surface area contributed by atoms with Crippen LogP contribution in [0.15, 0.2) is 35.7 Å². The standard InChI is InChI=1S/C18H22N2O2S/c21-15-8-4-7-14(9-15)11-19-18(22)16-12-23-17(20-16)10-13-5-2-1-3-6-13/h1-3,5-6,12,14-15,21H,4,7-11H2,(H,19,22). The highest BCUT2D eigenvalue weighted by atomic mass is 32.1. The maximum Gasteiger partial charge on any atom is 0.270 e. The van der Waals surface area contributed by atoms with Gasteiger partial charge >= 0.3 is 0 Å². The summed E-state index contributed by atoms with van der Waals surface area (Å²) >= 11 is 1.52. The Kier molecular flexibility index (Phi) is 5.41. The molecule has 1 aliphatic rings. The van der Waals surface area contributed by atoms with Gasteiger partial charge in [0, 0.05) is 18.3 Å². The first-order valence-electron chi connectivity index (χ1n) is 8.15. The second kappa shape index (κ2) is 7.70. The molecule has 1 heterocycles. The van der Waals surface area contributed by atoms with E-state index in [0.717, 1.165) is 37.1 Å². The van der Waals surface area contributed by atoms with Crippen molar-refractivity contribution in [2.75, 3.05) is 6.54 Å². The van der Waals surface area contributed by atoms with Gasteiger partial charge < -0.3 is 10.4 Å². The molecule has 0 bridgehead atoms. The van der Waals surface area contributed by atoms with E-state index in [1.165, 1.54) is 16.9 Å². The summed E-state index contributed by atoms with van der Waals surface area (Å²) in [5.74, 6) is 0.269. The van der Waals surface area contributed by atoms with Gasteiger partial charge in [-0.1, -0.05) is 36.8 Å². The minimum Gasteiger partial charge on any atom is -0.393 e. The Hall–Kier alpha value is -1.72. The molecule has 23 heavy (non-hydrogen) atoms. The number of nitrogens with zero attached hydrogens (tertiary/aromatic N) is 1. The van der Waals surface area contributed by atoms with Gasteiger partial charge in [0.25, 0.3) is 5.91 Å². The molecule has 0 saturated heterocycles. The van der Waals surface area contributed by atoms with Crippen LogP contribution in [-0.2, 0) is 6.42 Å². The third-order valence-corrected chi connectivity index (χ3v) is 5.14. The van der Waals surface area contributed by atoms with Crippen LogP contribution in [0.2, 0.25) is 0 Å². The van der Waals surface area contributed by atoms with Crippen LogP contribution in [0.3, 0.4) is 0 Å². The first-order chi connectivity index (χ1) is 11.2. The van der Waals surface area contributed by atoms with Crippen LogP contribution in [0.1, 0.15) is 46.7 Å². The maximum absolute atomic E-state index is 12.2. The van der Waals surface area contributed by atoms with Crippen LogP contribution in [0, 0.1) is 5.92 Å². The highest BCUT2D eigenvalue weighted by Gasteiger charge is 2.21. The van der Waals surface area contributed by atoms with Gasteiger partial charge in [0.2, 0.25) is 0 Å². The number of thiazole rings is 1. The van der Waals surface area contributed by atoms with Crippen molar-refractivity contribution in [3.63, 3.8) is 0 Å². The maximum atomic E-state index is 12.2. The SMILES string of the molecule is O=C(NCC1CCCC(O)C1)c1csc(Cc2ccccc2)n1. The quantitative estimate of drug-likeness (QED) is 0.886. The monoisotopic (exact) mass is 330 g/mol. The molecule has 4 nitrogen and oxygen atoms in total. The second-order valence-corrected chi connectivity index (χ2v) is 7.13. The fourth-order valence-corrected chi connectivity index (χ4v) is 3.85. The Bertz CT molecular complexity index is 641. The van der Waals surface area contributed by atoms with Crippen molar-refractivity contribution in [1.29, 1.82) is 0 Å². The van der Waals surface area contributed by atoms with Crippen molar-refractivity contribution in [2.45, 2.75) is 38.2 Å². The number of hydrogen-bond donors (Lipinski definition) is 2. The molecule has 0 spiro atoms.